The van der Waals surface area contributed by atoms with E-state index in [-0.39, 0.29) is 18.6 Å². The second-order valence-electron chi connectivity index (χ2n) is 7.77. The van der Waals surface area contributed by atoms with Gasteiger partial charge < -0.3 is 14.8 Å². The van der Waals surface area contributed by atoms with Crippen molar-refractivity contribution in [3.05, 3.63) is 59.7 Å². The molecule has 0 spiro atoms. The summed E-state index contributed by atoms with van der Waals surface area (Å²) in [5.41, 5.74) is 3.93. The van der Waals surface area contributed by atoms with E-state index >= 15 is 0 Å². The maximum Gasteiger partial charge on any atom is 0.271 e. The first-order chi connectivity index (χ1) is 16.2. The number of carbonyl (C=O) groups excluding carboxylic acids is 2. The van der Waals surface area contributed by atoms with E-state index in [4.69, 9.17) is 9.47 Å². The van der Waals surface area contributed by atoms with Crippen LogP contribution in [-0.4, -0.2) is 65.6 Å². The number of amides is 2. The minimum atomic E-state index is -3.38. The van der Waals surface area contributed by atoms with E-state index in [2.05, 4.69) is 15.8 Å². The minimum absolute atomic E-state index is 0.0870. The molecule has 1 heterocycles. The van der Waals surface area contributed by atoms with Crippen LogP contribution in [0, 0.1) is 0 Å². The molecule has 11 heteroatoms. The first-order valence-electron chi connectivity index (χ1n) is 10.7. The smallest absolute Gasteiger partial charge is 0.271 e. The largest absolute Gasteiger partial charge is 0.484 e. The molecule has 0 saturated carbocycles. The number of rotatable bonds is 10. The van der Waals surface area contributed by atoms with Crippen LogP contribution < -0.4 is 19.8 Å². The molecule has 0 unspecified atom stereocenters. The Morgan fingerprint density at radius 3 is 2.50 bits per heavy atom. The lowest BCUT2D eigenvalue weighted by Crippen LogP contribution is -2.35. The summed E-state index contributed by atoms with van der Waals surface area (Å²) in [6, 6.07) is 13.0. The molecule has 1 aliphatic heterocycles. The van der Waals surface area contributed by atoms with Crippen LogP contribution in [0.5, 0.6) is 5.75 Å². The van der Waals surface area contributed by atoms with Gasteiger partial charge >= 0.3 is 0 Å². The van der Waals surface area contributed by atoms with Gasteiger partial charge in [0.15, 0.2) is 6.61 Å². The Hall–Kier alpha value is -3.44. The zero-order chi connectivity index (χ0) is 24.6. The number of benzene rings is 2. The maximum atomic E-state index is 12.2. The van der Waals surface area contributed by atoms with Gasteiger partial charge in [0.1, 0.15) is 5.75 Å². The number of hydrogen-bond acceptors (Lipinski definition) is 7. The van der Waals surface area contributed by atoms with E-state index in [1.807, 2.05) is 0 Å². The molecule has 34 heavy (non-hydrogen) atoms. The van der Waals surface area contributed by atoms with E-state index in [1.54, 1.807) is 36.4 Å². The van der Waals surface area contributed by atoms with Gasteiger partial charge in [0.2, 0.25) is 10.0 Å². The van der Waals surface area contributed by atoms with Crippen molar-refractivity contribution in [1.82, 2.24) is 10.7 Å². The first kappa shape index (κ1) is 25.2. The molecule has 182 valence electrons. The molecule has 0 bridgehead atoms. The lowest BCUT2D eigenvalue weighted by atomic mass is 10.2. The molecule has 10 nitrogen and oxygen atoms in total. The van der Waals surface area contributed by atoms with E-state index < -0.39 is 15.9 Å². The molecule has 1 fully saturated rings. The quantitative estimate of drug-likeness (QED) is 0.386. The van der Waals surface area contributed by atoms with Crippen molar-refractivity contribution in [2.45, 2.75) is 18.9 Å². The fourth-order valence-corrected chi connectivity index (χ4v) is 3.63. The van der Waals surface area contributed by atoms with Gasteiger partial charge in [0.05, 0.1) is 24.3 Å². The number of nitrogens with one attached hydrogen (secondary N) is 2. The van der Waals surface area contributed by atoms with Crippen LogP contribution in [0.15, 0.2) is 53.6 Å². The normalized spacial score (nSPS) is 15.8. The van der Waals surface area contributed by atoms with Crippen molar-refractivity contribution in [2.24, 2.45) is 5.10 Å². The predicted octanol–water partition coefficient (Wildman–Crippen LogP) is 1.52. The third-order valence-corrected chi connectivity index (χ3v) is 6.38. The first-order valence-corrected chi connectivity index (χ1v) is 12.6. The highest BCUT2D eigenvalue weighted by molar-refractivity contribution is 7.92. The Kier molecular flexibility index (Phi) is 8.61. The third kappa shape index (κ3) is 7.56. The number of hydrazone groups is 1. The molecule has 2 aromatic rings. The fraction of sp³-hybridized carbons (Fsp3) is 0.348. The van der Waals surface area contributed by atoms with Crippen LogP contribution >= 0.6 is 0 Å². The van der Waals surface area contributed by atoms with Gasteiger partial charge in [0.25, 0.3) is 11.8 Å². The van der Waals surface area contributed by atoms with E-state index in [0.29, 0.717) is 23.5 Å². The van der Waals surface area contributed by atoms with Crippen molar-refractivity contribution in [3.63, 3.8) is 0 Å². The summed E-state index contributed by atoms with van der Waals surface area (Å²) in [7, 11) is -1.94. The number of nitrogens with zero attached hydrogens (tertiary/aromatic N) is 2. The van der Waals surface area contributed by atoms with Crippen molar-refractivity contribution in [2.75, 3.05) is 37.4 Å². The molecule has 0 aromatic heterocycles. The summed E-state index contributed by atoms with van der Waals surface area (Å²) < 4.78 is 35.2. The van der Waals surface area contributed by atoms with Crippen molar-refractivity contribution in [1.29, 1.82) is 0 Å². The van der Waals surface area contributed by atoms with Crippen LogP contribution in [0.3, 0.4) is 0 Å². The molecular weight excluding hydrogens is 460 g/mol. The standard InChI is InChI=1S/C23H28N4O6S/c1-27(34(2,30)31)19-9-7-18(8-10-19)23(29)26-25-14-17-5-11-20(12-6-17)33-16-22(28)24-15-21-4-3-13-32-21/h5-12,14,21H,3-4,13,15-16H2,1-2H3,(H,24,28)(H,26,29)/b25-14-/t21-/m0/s1. The number of ether oxygens (including phenoxy) is 2. The van der Waals surface area contributed by atoms with E-state index in [0.717, 1.165) is 35.6 Å². The van der Waals surface area contributed by atoms with E-state index in [1.165, 1.54) is 25.4 Å². The molecule has 1 atom stereocenters. The zero-order valence-electron chi connectivity index (χ0n) is 19.1. The molecule has 1 saturated heterocycles. The number of sulfonamides is 1. The van der Waals surface area contributed by atoms with Crippen LogP contribution in [-0.2, 0) is 19.6 Å². The Morgan fingerprint density at radius 2 is 1.88 bits per heavy atom. The second-order valence-corrected chi connectivity index (χ2v) is 9.79. The van der Waals surface area contributed by atoms with Gasteiger partial charge in [-0.25, -0.2) is 13.8 Å². The lowest BCUT2D eigenvalue weighted by Gasteiger charge is -2.16. The number of hydrogen-bond donors (Lipinski definition) is 2. The summed E-state index contributed by atoms with van der Waals surface area (Å²) >= 11 is 0. The van der Waals surface area contributed by atoms with Gasteiger partial charge in [-0.2, -0.15) is 5.10 Å². The summed E-state index contributed by atoms with van der Waals surface area (Å²) in [6.45, 7) is 1.15. The maximum absolute atomic E-state index is 12.2. The highest BCUT2D eigenvalue weighted by Gasteiger charge is 2.16. The van der Waals surface area contributed by atoms with Crippen LogP contribution in [0.25, 0.3) is 0 Å². The Bertz CT molecular complexity index is 1110. The molecule has 2 N–H and O–H groups in total. The van der Waals surface area contributed by atoms with Gasteiger partial charge in [-0.1, -0.05) is 0 Å². The monoisotopic (exact) mass is 488 g/mol. The van der Waals surface area contributed by atoms with Crippen molar-refractivity contribution < 1.29 is 27.5 Å². The predicted molar refractivity (Wildman–Crippen MR) is 129 cm³/mol. The summed E-state index contributed by atoms with van der Waals surface area (Å²) in [4.78, 5) is 24.1. The molecule has 0 radical (unpaired) electrons. The fourth-order valence-electron chi connectivity index (χ4n) is 3.13. The number of anilines is 1. The molecule has 0 aliphatic carbocycles. The second kappa shape index (κ2) is 11.6. The molecule has 2 aromatic carbocycles. The summed E-state index contributed by atoms with van der Waals surface area (Å²) in [5, 5.41) is 6.73. The van der Waals surface area contributed by atoms with E-state index in [9.17, 15) is 18.0 Å². The zero-order valence-corrected chi connectivity index (χ0v) is 19.9. The average molecular weight is 489 g/mol. The highest BCUT2D eigenvalue weighted by Crippen LogP contribution is 2.16. The lowest BCUT2D eigenvalue weighted by molar-refractivity contribution is -0.123. The highest BCUT2D eigenvalue weighted by atomic mass is 32.2. The van der Waals surface area contributed by atoms with Gasteiger partial charge in [0, 0.05) is 25.8 Å². The van der Waals surface area contributed by atoms with Crippen molar-refractivity contribution in [3.8, 4) is 5.75 Å². The topological polar surface area (TPSA) is 126 Å². The SMILES string of the molecule is CN(c1ccc(C(=O)N/N=C\c2ccc(OCC(=O)NC[C@@H]3CCCO3)cc2)cc1)S(C)(=O)=O. The Balaban J connectivity index is 1.43. The Labute approximate surface area is 199 Å². The molecule has 2 amide bonds. The molecule has 3 rings (SSSR count). The van der Waals surface area contributed by atoms with Crippen LogP contribution in [0.4, 0.5) is 5.69 Å². The minimum Gasteiger partial charge on any atom is -0.484 e. The Morgan fingerprint density at radius 1 is 1.18 bits per heavy atom. The van der Waals surface area contributed by atoms with Gasteiger partial charge in [-0.3, -0.25) is 13.9 Å². The molecule has 1 aliphatic rings. The number of carbonyl (C=O) groups is 2. The van der Waals surface area contributed by atoms with Crippen LogP contribution in [0.2, 0.25) is 0 Å². The molecular formula is C23H28N4O6S. The van der Waals surface area contributed by atoms with Crippen LogP contribution in [0.1, 0.15) is 28.8 Å². The van der Waals surface area contributed by atoms with Gasteiger partial charge in [-0.05, 0) is 66.9 Å². The van der Waals surface area contributed by atoms with Crippen molar-refractivity contribution >= 4 is 33.7 Å². The summed E-state index contributed by atoms with van der Waals surface area (Å²) in [5.74, 6) is -0.105. The van der Waals surface area contributed by atoms with Gasteiger partial charge in [-0.15, -0.1) is 0 Å². The summed E-state index contributed by atoms with van der Waals surface area (Å²) in [6.07, 6.45) is 4.64. The third-order valence-electron chi connectivity index (χ3n) is 5.17. The average Bonchev–Trinajstić information content (AvgIpc) is 3.35.